The first-order valence-electron chi connectivity index (χ1n) is 6.30. The minimum absolute atomic E-state index is 0.252. The highest BCUT2D eigenvalue weighted by Crippen LogP contribution is 2.10. The predicted molar refractivity (Wildman–Crippen MR) is 74.7 cm³/mol. The Morgan fingerprint density at radius 3 is 3.00 bits per heavy atom. The van der Waals surface area contributed by atoms with Gasteiger partial charge < -0.3 is 15.4 Å². The van der Waals surface area contributed by atoms with Crippen LogP contribution in [0.25, 0.3) is 0 Å². The fourth-order valence-electron chi connectivity index (χ4n) is 1.63. The van der Waals surface area contributed by atoms with Crippen LogP contribution in [0.5, 0.6) is 5.88 Å². The normalized spacial score (nSPS) is 10.1. The lowest BCUT2D eigenvalue weighted by Crippen LogP contribution is -2.30. The van der Waals surface area contributed by atoms with Gasteiger partial charge in [-0.25, -0.2) is 9.78 Å². The molecule has 0 aliphatic heterocycles. The number of carbonyl (C=O) groups excluding carboxylic acids is 1. The van der Waals surface area contributed by atoms with Gasteiger partial charge in [-0.3, -0.25) is 4.68 Å². The van der Waals surface area contributed by atoms with E-state index in [9.17, 15) is 4.79 Å². The predicted octanol–water partition coefficient (Wildman–Crippen LogP) is 1.50. The van der Waals surface area contributed by atoms with Crippen molar-refractivity contribution < 1.29 is 9.53 Å². The summed E-state index contributed by atoms with van der Waals surface area (Å²) in [7, 11) is 1.54. The summed E-state index contributed by atoms with van der Waals surface area (Å²) >= 11 is 0. The van der Waals surface area contributed by atoms with Gasteiger partial charge in [0.1, 0.15) is 0 Å². The van der Waals surface area contributed by atoms with E-state index in [-0.39, 0.29) is 6.03 Å². The maximum absolute atomic E-state index is 11.6. The number of methoxy groups -OCH3 is 1. The van der Waals surface area contributed by atoms with Crippen LogP contribution in [0, 0.1) is 0 Å². The van der Waals surface area contributed by atoms with Gasteiger partial charge in [0, 0.05) is 31.5 Å². The van der Waals surface area contributed by atoms with Crippen molar-refractivity contribution in [3.63, 3.8) is 0 Å². The van der Waals surface area contributed by atoms with E-state index in [2.05, 4.69) is 20.7 Å². The molecule has 106 valence electrons. The van der Waals surface area contributed by atoms with Gasteiger partial charge in [0.25, 0.3) is 0 Å². The van der Waals surface area contributed by atoms with Crippen molar-refractivity contribution in [1.29, 1.82) is 0 Å². The Hall–Kier alpha value is -2.57. The zero-order chi connectivity index (χ0) is 14.2. The monoisotopic (exact) mass is 275 g/mol. The molecule has 0 radical (unpaired) electrons. The lowest BCUT2D eigenvalue weighted by molar-refractivity contribution is 0.251. The molecule has 0 aliphatic carbocycles. The van der Waals surface area contributed by atoms with Gasteiger partial charge in [-0.15, -0.1) is 0 Å². The average Bonchev–Trinajstić information content (AvgIpc) is 2.98. The van der Waals surface area contributed by atoms with E-state index in [0.29, 0.717) is 18.1 Å². The van der Waals surface area contributed by atoms with E-state index in [1.165, 1.54) is 0 Å². The highest BCUT2D eigenvalue weighted by Gasteiger charge is 2.01. The summed E-state index contributed by atoms with van der Waals surface area (Å²) in [5, 5.41) is 9.55. The van der Waals surface area contributed by atoms with Gasteiger partial charge >= 0.3 is 6.03 Å². The number of rotatable bonds is 6. The first kappa shape index (κ1) is 13.9. The Morgan fingerprint density at radius 1 is 1.45 bits per heavy atom. The highest BCUT2D eigenvalue weighted by atomic mass is 16.5. The minimum Gasteiger partial charge on any atom is -0.481 e. The van der Waals surface area contributed by atoms with Crippen molar-refractivity contribution in [3.05, 3.63) is 36.8 Å². The smallest absolute Gasteiger partial charge is 0.319 e. The summed E-state index contributed by atoms with van der Waals surface area (Å²) in [5.41, 5.74) is 0.621. The van der Waals surface area contributed by atoms with Gasteiger partial charge in [0.05, 0.1) is 19.0 Å². The van der Waals surface area contributed by atoms with Crippen molar-refractivity contribution in [3.8, 4) is 5.88 Å². The quantitative estimate of drug-likeness (QED) is 0.783. The van der Waals surface area contributed by atoms with E-state index in [1.807, 2.05) is 16.9 Å². The number of nitrogens with zero attached hydrogens (tertiary/aromatic N) is 3. The van der Waals surface area contributed by atoms with Gasteiger partial charge in [-0.2, -0.15) is 5.10 Å². The van der Waals surface area contributed by atoms with Gasteiger partial charge in [0.15, 0.2) is 0 Å². The lowest BCUT2D eigenvalue weighted by atomic mass is 10.4. The second-order valence-corrected chi connectivity index (χ2v) is 4.09. The molecule has 2 amide bonds. The molecule has 2 aromatic rings. The molecule has 2 aromatic heterocycles. The average molecular weight is 275 g/mol. The molecule has 0 spiro atoms. The van der Waals surface area contributed by atoms with Crippen molar-refractivity contribution in [2.45, 2.75) is 13.0 Å². The molecular weight excluding hydrogens is 258 g/mol. The highest BCUT2D eigenvalue weighted by molar-refractivity contribution is 5.88. The van der Waals surface area contributed by atoms with Crippen molar-refractivity contribution in [2.75, 3.05) is 19.0 Å². The molecule has 0 saturated carbocycles. The summed E-state index contributed by atoms with van der Waals surface area (Å²) in [6.45, 7) is 1.35. The third-order valence-corrected chi connectivity index (χ3v) is 2.61. The first-order valence-corrected chi connectivity index (χ1v) is 6.30. The summed E-state index contributed by atoms with van der Waals surface area (Å²) in [6.07, 6.45) is 5.98. The van der Waals surface area contributed by atoms with Crippen molar-refractivity contribution >= 4 is 11.7 Å². The standard InChI is InChI=1S/C13H17N5O2/c1-20-12-5-4-11(10-15-12)17-13(19)14-6-2-8-18-9-3-7-16-18/h3-5,7,9-10H,2,6,8H2,1H3,(H2,14,17,19). The molecule has 7 heteroatoms. The largest absolute Gasteiger partial charge is 0.481 e. The topological polar surface area (TPSA) is 81.1 Å². The number of amides is 2. The SMILES string of the molecule is COc1ccc(NC(=O)NCCCn2cccn2)cn1. The molecule has 0 bridgehead atoms. The number of hydrogen-bond donors (Lipinski definition) is 2. The minimum atomic E-state index is -0.252. The molecule has 20 heavy (non-hydrogen) atoms. The number of aryl methyl sites for hydroxylation is 1. The maximum atomic E-state index is 11.6. The molecule has 0 unspecified atom stereocenters. The summed E-state index contributed by atoms with van der Waals surface area (Å²) < 4.78 is 6.77. The molecular formula is C13H17N5O2. The van der Waals surface area contributed by atoms with Crippen molar-refractivity contribution in [2.24, 2.45) is 0 Å². The molecule has 0 saturated heterocycles. The Kier molecular flexibility index (Phi) is 4.94. The van der Waals surface area contributed by atoms with Crippen LogP contribution in [0.15, 0.2) is 36.8 Å². The number of carbonyl (C=O) groups is 1. The molecule has 7 nitrogen and oxygen atoms in total. The number of urea groups is 1. The number of pyridine rings is 1. The van der Waals surface area contributed by atoms with Crippen LogP contribution in [0.2, 0.25) is 0 Å². The third-order valence-electron chi connectivity index (χ3n) is 2.61. The molecule has 2 heterocycles. The van der Waals surface area contributed by atoms with Gasteiger partial charge in [-0.1, -0.05) is 0 Å². The fourth-order valence-corrected chi connectivity index (χ4v) is 1.63. The van der Waals surface area contributed by atoms with Crippen LogP contribution in [0.4, 0.5) is 10.5 Å². The van der Waals surface area contributed by atoms with E-state index in [0.717, 1.165) is 13.0 Å². The maximum Gasteiger partial charge on any atom is 0.319 e. The molecule has 0 fully saturated rings. The van der Waals surface area contributed by atoms with E-state index >= 15 is 0 Å². The van der Waals surface area contributed by atoms with Crippen LogP contribution in [-0.4, -0.2) is 34.5 Å². The van der Waals surface area contributed by atoms with E-state index in [1.54, 1.807) is 31.6 Å². The number of nitrogens with one attached hydrogen (secondary N) is 2. The van der Waals surface area contributed by atoms with Crippen LogP contribution in [0.3, 0.4) is 0 Å². The molecule has 2 N–H and O–H groups in total. The van der Waals surface area contributed by atoms with Crippen LogP contribution in [0.1, 0.15) is 6.42 Å². The Labute approximate surface area is 117 Å². The summed E-state index contributed by atoms with van der Waals surface area (Å²) in [4.78, 5) is 15.6. The van der Waals surface area contributed by atoms with Crippen LogP contribution < -0.4 is 15.4 Å². The van der Waals surface area contributed by atoms with E-state index in [4.69, 9.17) is 4.74 Å². The molecule has 0 aliphatic rings. The first-order chi connectivity index (χ1) is 9.78. The van der Waals surface area contributed by atoms with Crippen LogP contribution >= 0.6 is 0 Å². The lowest BCUT2D eigenvalue weighted by Gasteiger charge is -2.07. The van der Waals surface area contributed by atoms with Gasteiger partial charge in [-0.05, 0) is 18.6 Å². The Morgan fingerprint density at radius 2 is 2.35 bits per heavy atom. The van der Waals surface area contributed by atoms with Crippen LogP contribution in [-0.2, 0) is 6.54 Å². The fraction of sp³-hybridized carbons (Fsp3) is 0.308. The zero-order valence-electron chi connectivity index (χ0n) is 11.2. The van der Waals surface area contributed by atoms with Crippen molar-refractivity contribution in [1.82, 2.24) is 20.1 Å². The Bertz CT molecular complexity index is 524. The number of hydrogen-bond acceptors (Lipinski definition) is 4. The summed E-state index contributed by atoms with van der Waals surface area (Å²) in [5.74, 6) is 0.509. The Balaban J connectivity index is 1.66. The second kappa shape index (κ2) is 7.13. The number of anilines is 1. The number of ether oxygens (including phenoxy) is 1. The molecule has 0 atom stereocenters. The van der Waals surface area contributed by atoms with E-state index < -0.39 is 0 Å². The third kappa shape index (κ3) is 4.27. The number of aromatic nitrogens is 3. The molecule has 2 rings (SSSR count). The summed E-state index contributed by atoms with van der Waals surface area (Å²) in [6, 6.07) is 5.04. The molecule has 0 aromatic carbocycles. The zero-order valence-corrected chi connectivity index (χ0v) is 11.2. The van der Waals surface area contributed by atoms with Gasteiger partial charge in [0.2, 0.25) is 5.88 Å². The second-order valence-electron chi connectivity index (χ2n) is 4.09.